The molecular formula is C29H38N2O12. The smallest absolute Gasteiger partial charge is 0.251 e. The van der Waals surface area contributed by atoms with Crippen molar-refractivity contribution < 1.29 is 59.9 Å². The first kappa shape index (κ1) is 32.9. The van der Waals surface area contributed by atoms with Crippen LogP contribution in [0.5, 0.6) is 0 Å². The zero-order valence-electron chi connectivity index (χ0n) is 23.1. The lowest BCUT2D eigenvalue weighted by atomic mass is 9.90. The van der Waals surface area contributed by atoms with E-state index in [0.717, 1.165) is 0 Å². The van der Waals surface area contributed by atoms with Crippen molar-refractivity contribution in [2.45, 2.75) is 67.5 Å². The third-order valence-corrected chi connectivity index (χ3v) is 7.66. The second-order valence-electron chi connectivity index (χ2n) is 10.6. The quantitative estimate of drug-likeness (QED) is 0.124. The molecule has 0 bridgehead atoms. The summed E-state index contributed by atoms with van der Waals surface area (Å²) in [6.45, 7) is -0.702. The fourth-order valence-electron chi connectivity index (χ4n) is 5.16. The summed E-state index contributed by atoms with van der Waals surface area (Å²) in [5.74, 6) is -0.852. The van der Waals surface area contributed by atoms with Crippen LogP contribution in [-0.2, 0) is 9.47 Å². The standard InChI is InChI=1S/C29H38N2O12/c32-12-18-20(34)22(36)24(38)26(42-18)14-4-1-6-16(10-14)28(40)30-8-3-9-31-29(41)17-7-2-5-15(11-17)27-25(39)23(37)21(35)19(13-33)43-27/h1-2,4-7,10-11,18-27,32-39H,3,8-9,12-13H2,(H,30,40)(H,31,41)/t18-,19-,20-,21-,22+,23+,24-,25+,26-,27-/m1/s1. The maximum atomic E-state index is 12.7. The predicted molar refractivity (Wildman–Crippen MR) is 148 cm³/mol. The molecule has 236 valence electrons. The lowest BCUT2D eigenvalue weighted by Crippen LogP contribution is -2.55. The lowest BCUT2D eigenvalue weighted by Gasteiger charge is -2.40. The number of hydrogen-bond donors (Lipinski definition) is 10. The largest absolute Gasteiger partial charge is 0.394 e. The Kier molecular flexibility index (Phi) is 11.2. The van der Waals surface area contributed by atoms with Crippen molar-refractivity contribution in [1.29, 1.82) is 0 Å². The maximum Gasteiger partial charge on any atom is 0.251 e. The summed E-state index contributed by atoms with van der Waals surface area (Å²) in [6, 6.07) is 12.4. The van der Waals surface area contributed by atoms with Gasteiger partial charge in [-0.2, -0.15) is 0 Å². The summed E-state index contributed by atoms with van der Waals surface area (Å²) >= 11 is 0. The Morgan fingerprint density at radius 2 is 1.00 bits per heavy atom. The number of carbonyl (C=O) groups excluding carboxylic acids is 2. The minimum absolute atomic E-state index is 0.217. The number of benzene rings is 2. The first-order valence-corrected chi connectivity index (χ1v) is 13.9. The van der Waals surface area contributed by atoms with Crippen LogP contribution in [0.15, 0.2) is 48.5 Å². The van der Waals surface area contributed by atoms with Crippen LogP contribution >= 0.6 is 0 Å². The Balaban J connectivity index is 1.27. The molecule has 0 radical (unpaired) electrons. The van der Waals surface area contributed by atoms with Gasteiger partial charge in [-0.05, 0) is 41.8 Å². The minimum atomic E-state index is -1.54. The summed E-state index contributed by atoms with van der Waals surface area (Å²) in [7, 11) is 0. The van der Waals surface area contributed by atoms with Crippen LogP contribution in [0.4, 0.5) is 0 Å². The second-order valence-corrected chi connectivity index (χ2v) is 10.6. The van der Waals surface area contributed by atoms with Gasteiger partial charge < -0.3 is 61.0 Å². The van der Waals surface area contributed by atoms with E-state index in [-0.39, 0.29) is 24.2 Å². The van der Waals surface area contributed by atoms with Crippen molar-refractivity contribution in [2.75, 3.05) is 26.3 Å². The van der Waals surface area contributed by atoms with Gasteiger partial charge in [-0.3, -0.25) is 9.59 Å². The summed E-state index contributed by atoms with van der Waals surface area (Å²) in [5.41, 5.74) is 1.26. The van der Waals surface area contributed by atoms with Crippen LogP contribution in [0.2, 0.25) is 0 Å². The number of ether oxygens (including phenoxy) is 2. The number of nitrogens with one attached hydrogen (secondary N) is 2. The van der Waals surface area contributed by atoms with E-state index in [1.54, 1.807) is 36.4 Å². The predicted octanol–water partition coefficient (Wildman–Crippen LogP) is -2.73. The van der Waals surface area contributed by atoms with Gasteiger partial charge in [0.15, 0.2) is 0 Å². The first-order valence-electron chi connectivity index (χ1n) is 13.9. The van der Waals surface area contributed by atoms with Crippen molar-refractivity contribution in [3.63, 3.8) is 0 Å². The maximum absolute atomic E-state index is 12.7. The molecule has 2 aliphatic heterocycles. The van der Waals surface area contributed by atoms with Gasteiger partial charge in [-0.15, -0.1) is 0 Å². The molecule has 0 unspecified atom stereocenters. The van der Waals surface area contributed by atoms with Crippen LogP contribution < -0.4 is 10.6 Å². The van der Waals surface area contributed by atoms with Gasteiger partial charge in [0.1, 0.15) is 61.0 Å². The van der Waals surface area contributed by atoms with Gasteiger partial charge in [0.05, 0.1) is 13.2 Å². The monoisotopic (exact) mass is 606 g/mol. The fourth-order valence-corrected chi connectivity index (χ4v) is 5.16. The highest BCUT2D eigenvalue weighted by molar-refractivity contribution is 5.95. The van der Waals surface area contributed by atoms with E-state index in [2.05, 4.69) is 10.6 Å². The molecule has 2 aliphatic rings. The fraction of sp³-hybridized carbons (Fsp3) is 0.517. The van der Waals surface area contributed by atoms with Crippen LogP contribution in [-0.4, -0.2) is 128 Å². The molecule has 2 aromatic rings. The zero-order chi connectivity index (χ0) is 31.3. The molecule has 10 atom stereocenters. The van der Waals surface area contributed by atoms with Crippen molar-refractivity contribution in [1.82, 2.24) is 10.6 Å². The van der Waals surface area contributed by atoms with Crippen molar-refractivity contribution >= 4 is 11.8 Å². The number of aliphatic hydroxyl groups is 8. The normalized spacial score (nSPS) is 32.7. The van der Waals surface area contributed by atoms with Crippen molar-refractivity contribution in [3.8, 4) is 0 Å². The van der Waals surface area contributed by atoms with Gasteiger partial charge in [-0.1, -0.05) is 24.3 Å². The average molecular weight is 607 g/mol. The Labute approximate surface area is 247 Å². The van der Waals surface area contributed by atoms with Crippen LogP contribution in [0.25, 0.3) is 0 Å². The molecule has 4 rings (SSSR count). The number of rotatable bonds is 10. The second kappa shape index (κ2) is 14.6. The van der Waals surface area contributed by atoms with Gasteiger partial charge >= 0.3 is 0 Å². The third kappa shape index (κ3) is 7.38. The third-order valence-electron chi connectivity index (χ3n) is 7.66. The summed E-state index contributed by atoms with van der Waals surface area (Å²) < 4.78 is 11.1. The molecule has 2 heterocycles. The molecule has 0 saturated carbocycles. The Morgan fingerprint density at radius 3 is 1.37 bits per heavy atom. The van der Waals surface area contributed by atoms with E-state index >= 15 is 0 Å². The Morgan fingerprint density at radius 1 is 0.605 bits per heavy atom. The van der Waals surface area contributed by atoms with E-state index < -0.39 is 86.1 Å². The Hall–Kier alpha value is -3.02. The lowest BCUT2D eigenvalue weighted by molar-refractivity contribution is -0.231. The molecule has 2 aromatic carbocycles. The zero-order valence-corrected chi connectivity index (χ0v) is 23.1. The summed E-state index contributed by atoms with van der Waals surface area (Å²) in [4.78, 5) is 25.4. The van der Waals surface area contributed by atoms with E-state index in [1.807, 2.05) is 0 Å². The minimum Gasteiger partial charge on any atom is -0.394 e. The highest BCUT2D eigenvalue weighted by atomic mass is 16.6. The average Bonchev–Trinajstić information content (AvgIpc) is 3.02. The van der Waals surface area contributed by atoms with Gasteiger partial charge in [0, 0.05) is 24.2 Å². The Bertz CT molecular complexity index is 1150. The van der Waals surface area contributed by atoms with Crippen molar-refractivity contribution in [2.24, 2.45) is 0 Å². The van der Waals surface area contributed by atoms with E-state index in [4.69, 9.17) is 9.47 Å². The summed E-state index contributed by atoms with van der Waals surface area (Å²) in [6.07, 6.45) is -12.9. The molecule has 0 aliphatic carbocycles. The topological polar surface area (TPSA) is 238 Å². The van der Waals surface area contributed by atoms with Gasteiger partial charge in [-0.25, -0.2) is 0 Å². The molecule has 0 spiro atoms. The number of amides is 2. The molecular weight excluding hydrogens is 568 g/mol. The van der Waals surface area contributed by atoms with E-state index in [9.17, 15) is 50.4 Å². The van der Waals surface area contributed by atoms with Gasteiger partial charge in [0.2, 0.25) is 0 Å². The number of hydrogen-bond acceptors (Lipinski definition) is 12. The molecule has 0 aromatic heterocycles. The number of aliphatic hydroxyl groups excluding tert-OH is 8. The SMILES string of the molecule is O=C(NCCCNC(=O)c1cccc([C@H]2O[C@H](CO)[C@@H](O)[C@H](O)[C@@H]2O)c1)c1cccc([C@H]2O[C@H](CO)[C@@H](O)[C@H](O)[C@H]2O)c1. The highest BCUT2D eigenvalue weighted by Gasteiger charge is 2.45. The van der Waals surface area contributed by atoms with E-state index in [1.165, 1.54) is 12.1 Å². The van der Waals surface area contributed by atoms with Crippen LogP contribution in [0.1, 0.15) is 50.5 Å². The molecule has 14 nitrogen and oxygen atoms in total. The molecule has 2 amide bonds. The molecule has 2 fully saturated rings. The molecule has 10 N–H and O–H groups in total. The summed E-state index contributed by atoms with van der Waals surface area (Å²) in [5, 5.41) is 85.1. The first-order chi connectivity index (χ1) is 20.6. The molecule has 43 heavy (non-hydrogen) atoms. The molecule has 14 heteroatoms. The number of carbonyl (C=O) groups is 2. The molecule has 2 saturated heterocycles. The van der Waals surface area contributed by atoms with Crippen LogP contribution in [0, 0.1) is 0 Å². The van der Waals surface area contributed by atoms with E-state index in [0.29, 0.717) is 17.5 Å². The van der Waals surface area contributed by atoms with Crippen LogP contribution in [0.3, 0.4) is 0 Å². The van der Waals surface area contributed by atoms with Gasteiger partial charge in [0.25, 0.3) is 11.8 Å². The highest BCUT2D eigenvalue weighted by Crippen LogP contribution is 2.34. The van der Waals surface area contributed by atoms with Crippen molar-refractivity contribution in [3.05, 3.63) is 70.8 Å².